The van der Waals surface area contributed by atoms with Crippen LogP contribution in [0.25, 0.3) is 0 Å². The molecular formula is C13H21N3O3S. The Morgan fingerprint density at radius 1 is 1.35 bits per heavy atom. The normalized spacial score (nSPS) is 13.4. The van der Waals surface area contributed by atoms with Crippen LogP contribution in [0.2, 0.25) is 0 Å². The van der Waals surface area contributed by atoms with Gasteiger partial charge in [0.05, 0.1) is 10.4 Å². The van der Waals surface area contributed by atoms with E-state index in [0.29, 0.717) is 0 Å². The SMILES string of the molecule is CCCc1ccc(S(=O)(=O)NC(C)(C)/C(N)=N/O)cc1. The molecule has 0 unspecified atom stereocenters. The van der Waals surface area contributed by atoms with Gasteiger partial charge in [-0.1, -0.05) is 30.6 Å². The van der Waals surface area contributed by atoms with E-state index in [2.05, 4.69) is 16.8 Å². The maximum Gasteiger partial charge on any atom is 0.241 e. The summed E-state index contributed by atoms with van der Waals surface area (Å²) >= 11 is 0. The van der Waals surface area contributed by atoms with Gasteiger partial charge in [0.25, 0.3) is 0 Å². The van der Waals surface area contributed by atoms with Crippen LogP contribution in [0.5, 0.6) is 0 Å². The first-order valence-corrected chi connectivity index (χ1v) is 7.82. The molecule has 1 rings (SSSR count). The van der Waals surface area contributed by atoms with Crippen molar-refractivity contribution in [3.05, 3.63) is 29.8 Å². The molecule has 0 atom stereocenters. The molecule has 0 fully saturated rings. The Hall–Kier alpha value is -1.60. The second-order valence-electron chi connectivity index (χ2n) is 5.11. The van der Waals surface area contributed by atoms with E-state index in [0.717, 1.165) is 18.4 Å². The molecule has 0 aliphatic rings. The Kier molecular flexibility index (Phi) is 5.13. The second kappa shape index (κ2) is 6.23. The molecule has 6 nitrogen and oxygen atoms in total. The van der Waals surface area contributed by atoms with E-state index >= 15 is 0 Å². The number of hydrogen-bond acceptors (Lipinski definition) is 4. The van der Waals surface area contributed by atoms with Crippen LogP contribution in [0.1, 0.15) is 32.8 Å². The van der Waals surface area contributed by atoms with Crippen molar-refractivity contribution in [1.82, 2.24) is 4.72 Å². The first-order valence-electron chi connectivity index (χ1n) is 6.34. The highest BCUT2D eigenvalue weighted by molar-refractivity contribution is 7.89. The van der Waals surface area contributed by atoms with Crippen molar-refractivity contribution >= 4 is 15.9 Å². The Morgan fingerprint density at radius 2 is 1.90 bits per heavy atom. The number of oxime groups is 1. The van der Waals surface area contributed by atoms with Crippen LogP contribution in [-0.4, -0.2) is 25.0 Å². The second-order valence-corrected chi connectivity index (χ2v) is 6.79. The van der Waals surface area contributed by atoms with Crippen molar-refractivity contribution in [1.29, 1.82) is 0 Å². The molecule has 0 saturated heterocycles. The molecule has 0 aliphatic heterocycles. The van der Waals surface area contributed by atoms with Gasteiger partial charge in [-0.3, -0.25) is 0 Å². The van der Waals surface area contributed by atoms with Crippen molar-refractivity contribution in [2.45, 2.75) is 44.0 Å². The average molecular weight is 299 g/mol. The van der Waals surface area contributed by atoms with Gasteiger partial charge in [0, 0.05) is 0 Å². The third kappa shape index (κ3) is 3.94. The zero-order valence-corrected chi connectivity index (χ0v) is 12.7. The topological polar surface area (TPSA) is 105 Å². The number of hydrogen-bond donors (Lipinski definition) is 3. The molecule has 0 radical (unpaired) electrons. The van der Waals surface area contributed by atoms with E-state index in [1.807, 2.05) is 0 Å². The summed E-state index contributed by atoms with van der Waals surface area (Å²) in [5.74, 6) is -0.205. The van der Waals surface area contributed by atoms with Crippen LogP contribution >= 0.6 is 0 Å². The summed E-state index contributed by atoms with van der Waals surface area (Å²) in [6, 6.07) is 6.68. The average Bonchev–Trinajstić information content (AvgIpc) is 2.37. The zero-order valence-electron chi connectivity index (χ0n) is 11.9. The molecule has 0 aliphatic carbocycles. The van der Waals surface area contributed by atoms with E-state index in [4.69, 9.17) is 10.9 Å². The van der Waals surface area contributed by atoms with Crippen LogP contribution in [0.4, 0.5) is 0 Å². The van der Waals surface area contributed by atoms with Gasteiger partial charge in [-0.2, -0.15) is 4.72 Å². The molecule has 7 heteroatoms. The van der Waals surface area contributed by atoms with Crippen molar-refractivity contribution in [3.63, 3.8) is 0 Å². The standard InChI is InChI=1S/C13H21N3O3S/c1-4-5-10-6-8-11(9-7-10)20(18,19)16-13(2,3)12(14)15-17/h6-9,16-17H,4-5H2,1-3H3,(H2,14,15). The first-order chi connectivity index (χ1) is 9.23. The lowest BCUT2D eigenvalue weighted by molar-refractivity contribution is 0.312. The van der Waals surface area contributed by atoms with E-state index in [1.165, 1.54) is 13.8 Å². The van der Waals surface area contributed by atoms with E-state index in [9.17, 15) is 8.42 Å². The Balaban J connectivity index is 3.00. The molecule has 0 spiro atoms. The van der Waals surface area contributed by atoms with Gasteiger partial charge < -0.3 is 10.9 Å². The summed E-state index contributed by atoms with van der Waals surface area (Å²) < 4.78 is 26.9. The third-order valence-corrected chi connectivity index (χ3v) is 4.58. The minimum atomic E-state index is -3.73. The number of sulfonamides is 1. The number of nitrogens with zero attached hydrogens (tertiary/aromatic N) is 1. The number of rotatable bonds is 6. The van der Waals surface area contributed by atoms with Gasteiger partial charge in [-0.15, -0.1) is 0 Å². The number of nitrogens with one attached hydrogen (secondary N) is 1. The summed E-state index contributed by atoms with van der Waals surface area (Å²) in [4.78, 5) is 0.149. The lowest BCUT2D eigenvalue weighted by Gasteiger charge is -2.24. The highest BCUT2D eigenvalue weighted by Gasteiger charge is 2.30. The van der Waals surface area contributed by atoms with Gasteiger partial charge in [-0.25, -0.2) is 8.42 Å². The highest BCUT2D eigenvalue weighted by atomic mass is 32.2. The van der Waals surface area contributed by atoms with Gasteiger partial charge in [0.2, 0.25) is 10.0 Å². The van der Waals surface area contributed by atoms with Crippen LogP contribution in [0.3, 0.4) is 0 Å². The summed E-state index contributed by atoms with van der Waals surface area (Å²) in [5, 5.41) is 11.5. The molecule has 20 heavy (non-hydrogen) atoms. The predicted octanol–water partition coefficient (Wildman–Crippen LogP) is 1.44. The molecule has 0 aromatic heterocycles. The highest BCUT2D eigenvalue weighted by Crippen LogP contribution is 2.15. The van der Waals surface area contributed by atoms with Crippen LogP contribution in [0.15, 0.2) is 34.3 Å². The molecule has 0 heterocycles. The largest absolute Gasteiger partial charge is 0.409 e. The quantitative estimate of drug-likeness (QED) is 0.320. The summed E-state index contributed by atoms with van der Waals surface area (Å²) in [6.07, 6.45) is 1.91. The van der Waals surface area contributed by atoms with Crippen LogP contribution < -0.4 is 10.5 Å². The van der Waals surface area contributed by atoms with Crippen molar-refractivity contribution in [3.8, 4) is 0 Å². The summed E-state index contributed by atoms with van der Waals surface area (Å²) in [5.41, 5.74) is 5.39. The third-order valence-electron chi connectivity index (χ3n) is 2.91. The first kappa shape index (κ1) is 16.5. The summed E-state index contributed by atoms with van der Waals surface area (Å²) in [7, 11) is -3.73. The molecule has 4 N–H and O–H groups in total. The fraction of sp³-hybridized carbons (Fsp3) is 0.462. The van der Waals surface area contributed by atoms with E-state index < -0.39 is 15.6 Å². The van der Waals surface area contributed by atoms with Gasteiger partial charge in [0.15, 0.2) is 5.84 Å². The Labute approximate surface area is 119 Å². The lowest BCUT2D eigenvalue weighted by atomic mass is 10.1. The van der Waals surface area contributed by atoms with Crippen molar-refractivity contribution < 1.29 is 13.6 Å². The maximum atomic E-state index is 12.2. The molecule has 112 valence electrons. The zero-order chi connectivity index (χ0) is 15.4. The van der Waals surface area contributed by atoms with Gasteiger partial charge in [-0.05, 0) is 38.0 Å². The van der Waals surface area contributed by atoms with Crippen LogP contribution in [0, 0.1) is 0 Å². The lowest BCUT2D eigenvalue weighted by Crippen LogP contribution is -2.52. The van der Waals surface area contributed by atoms with Crippen LogP contribution in [-0.2, 0) is 16.4 Å². The number of benzene rings is 1. The number of nitrogens with two attached hydrogens (primary N) is 1. The fourth-order valence-electron chi connectivity index (χ4n) is 1.70. The monoisotopic (exact) mass is 299 g/mol. The van der Waals surface area contributed by atoms with Gasteiger partial charge >= 0.3 is 0 Å². The molecule has 1 aromatic rings. The maximum absolute atomic E-state index is 12.2. The smallest absolute Gasteiger partial charge is 0.241 e. The summed E-state index contributed by atoms with van der Waals surface area (Å²) in [6.45, 7) is 5.10. The number of aryl methyl sites for hydroxylation is 1. The molecule has 0 saturated carbocycles. The van der Waals surface area contributed by atoms with Crippen molar-refractivity contribution in [2.24, 2.45) is 10.9 Å². The minimum Gasteiger partial charge on any atom is -0.409 e. The molecule has 0 bridgehead atoms. The minimum absolute atomic E-state index is 0.149. The fourth-order valence-corrected chi connectivity index (χ4v) is 3.08. The molecule has 0 amide bonds. The molecular weight excluding hydrogens is 278 g/mol. The Morgan fingerprint density at radius 3 is 2.35 bits per heavy atom. The Bertz CT molecular complexity index is 577. The predicted molar refractivity (Wildman–Crippen MR) is 78.2 cm³/mol. The van der Waals surface area contributed by atoms with Gasteiger partial charge in [0.1, 0.15) is 0 Å². The number of amidine groups is 1. The van der Waals surface area contributed by atoms with Crippen molar-refractivity contribution in [2.75, 3.05) is 0 Å². The molecule has 1 aromatic carbocycles. The van der Waals surface area contributed by atoms with E-state index in [1.54, 1.807) is 24.3 Å². The van der Waals surface area contributed by atoms with E-state index in [-0.39, 0.29) is 10.7 Å².